The van der Waals surface area contributed by atoms with Crippen LogP contribution in [-0.2, 0) is 41.5 Å². The van der Waals surface area contributed by atoms with Crippen LogP contribution in [0.25, 0.3) is 11.1 Å². The Morgan fingerprint density at radius 1 is 0.646 bits per heavy atom. The molecular formula is C45H56Cl2Zr-4. The van der Waals surface area contributed by atoms with E-state index in [4.69, 9.17) is 0 Å². The molecular weight excluding hydrogens is 703 g/mol. The van der Waals surface area contributed by atoms with Crippen molar-refractivity contribution in [1.82, 2.24) is 0 Å². The summed E-state index contributed by atoms with van der Waals surface area (Å²) in [6, 6.07) is 40.4. The van der Waals surface area contributed by atoms with Gasteiger partial charge in [0.05, 0.1) is 0 Å². The summed E-state index contributed by atoms with van der Waals surface area (Å²) in [5.74, 6) is 0.573. The van der Waals surface area contributed by atoms with Gasteiger partial charge in [0.15, 0.2) is 0 Å². The Morgan fingerprint density at radius 3 is 1.52 bits per heavy atom. The standard InChI is InChI=1S/C13H9.C11H17.2C10H13.CH2.2ClH.Zr/c1-3-7-12-10(5-1)9-11-6-2-4-8-13(11)12;1-5-9-6-7-10(8-9)11(2,3)4;2*1-10(2,3)9-7-5-4-6-8-9;;;;/h1-5,7-8H,9H2;7-9H,5H2,1-4H3;2*5-8H,1-3H3;1H2;2*1H;/q4*-1;;;;. The van der Waals surface area contributed by atoms with Crippen LogP contribution in [0.5, 0.6) is 0 Å². The fourth-order valence-electron chi connectivity index (χ4n) is 4.98. The first-order valence-corrected chi connectivity index (χ1v) is 18.1. The molecule has 0 aromatic heterocycles. The Hall–Kier alpha value is -2.31. The van der Waals surface area contributed by atoms with Crippen LogP contribution >= 0.6 is 24.8 Å². The summed E-state index contributed by atoms with van der Waals surface area (Å²) in [4.78, 5) is 0. The van der Waals surface area contributed by atoms with Crippen molar-refractivity contribution >= 4 is 29.0 Å². The zero-order valence-electron chi connectivity index (χ0n) is 30.8. The van der Waals surface area contributed by atoms with Gasteiger partial charge in [0.1, 0.15) is 0 Å². The summed E-state index contributed by atoms with van der Waals surface area (Å²) >= 11 is 1.30. The second kappa shape index (κ2) is 21.7. The zero-order valence-corrected chi connectivity index (χ0v) is 34.9. The molecule has 0 aliphatic heterocycles. The Balaban J connectivity index is 0.000000599. The number of hydrogen-bond acceptors (Lipinski definition) is 0. The third kappa shape index (κ3) is 15.1. The molecule has 0 bridgehead atoms. The minimum atomic E-state index is 0. The third-order valence-corrected chi connectivity index (χ3v) is 7.92. The maximum atomic E-state index is 3.35. The van der Waals surface area contributed by atoms with Crippen LogP contribution < -0.4 is 0 Å². The number of halogens is 2. The largest absolute Gasteiger partial charge is 0.179 e. The van der Waals surface area contributed by atoms with Gasteiger partial charge in [0.25, 0.3) is 0 Å². The van der Waals surface area contributed by atoms with Gasteiger partial charge in [-0.3, -0.25) is 6.08 Å². The first kappa shape index (κ1) is 45.7. The van der Waals surface area contributed by atoms with E-state index in [1.807, 2.05) is 30.3 Å². The van der Waals surface area contributed by atoms with Crippen molar-refractivity contribution in [2.24, 2.45) is 11.3 Å². The van der Waals surface area contributed by atoms with Crippen LogP contribution in [0.1, 0.15) is 97.9 Å². The molecule has 1 unspecified atom stereocenters. The number of fused-ring (bicyclic) bond motifs is 3. The van der Waals surface area contributed by atoms with E-state index in [-0.39, 0.29) is 35.6 Å². The second-order valence-corrected chi connectivity index (χ2v) is 14.7. The zero-order chi connectivity index (χ0) is 34.4. The predicted molar refractivity (Wildman–Crippen MR) is 212 cm³/mol. The van der Waals surface area contributed by atoms with Crippen LogP contribution in [0.2, 0.25) is 0 Å². The molecule has 4 aromatic carbocycles. The number of allylic oxidation sites excluding steroid dienone is 4. The smallest absolute Gasteiger partial charge is 0.0253 e. The summed E-state index contributed by atoms with van der Waals surface area (Å²) in [6.07, 6.45) is 10.1. The Kier molecular flexibility index (Phi) is 20.7. The summed E-state index contributed by atoms with van der Waals surface area (Å²) in [6.45, 7) is 22.2. The van der Waals surface area contributed by atoms with E-state index < -0.39 is 0 Å². The maximum absolute atomic E-state index is 3.35. The minimum Gasteiger partial charge on any atom is -0.179 e. The van der Waals surface area contributed by atoms with E-state index in [1.54, 1.807) is 0 Å². The fourth-order valence-corrected chi connectivity index (χ4v) is 4.98. The Bertz CT molecular complexity index is 1420. The van der Waals surface area contributed by atoms with E-state index in [9.17, 15) is 0 Å². The third-order valence-electron chi connectivity index (χ3n) is 7.92. The molecule has 258 valence electrons. The molecule has 4 aromatic rings. The summed E-state index contributed by atoms with van der Waals surface area (Å²) < 4.78 is 3.34. The first-order chi connectivity index (χ1) is 21.7. The SMILES string of the molecule is CC(C)(C)c1cc[c-]cc1.CC(C)(C)c1cc[c-]cc1.CCC1[C-]=CC(C(C)(C)C)=C1.Cl.Cl.[CH2]=[Zr].[c-]1cccc2c1Cc1ccccc1-2. The molecule has 0 saturated heterocycles. The van der Waals surface area contributed by atoms with Gasteiger partial charge in [-0.2, -0.15) is 113 Å². The van der Waals surface area contributed by atoms with Crippen molar-refractivity contribution in [3.63, 3.8) is 0 Å². The van der Waals surface area contributed by atoms with Gasteiger partial charge in [-0.1, -0.05) is 122 Å². The molecule has 1 atom stereocenters. The number of hydrogen-bond donors (Lipinski definition) is 0. The average Bonchev–Trinajstić information content (AvgIpc) is 3.69. The monoisotopic (exact) mass is 756 g/mol. The molecule has 0 spiro atoms. The Labute approximate surface area is 321 Å². The van der Waals surface area contributed by atoms with E-state index >= 15 is 0 Å². The predicted octanol–water partition coefficient (Wildman–Crippen LogP) is 12.8. The van der Waals surface area contributed by atoms with E-state index in [0.717, 1.165) is 6.42 Å². The van der Waals surface area contributed by atoms with Crippen molar-refractivity contribution in [2.75, 3.05) is 0 Å². The molecule has 0 radical (unpaired) electrons. The van der Waals surface area contributed by atoms with Crippen molar-refractivity contribution in [3.05, 3.63) is 155 Å². The fraction of sp³-hybridized carbons (Fsp3) is 0.356. The molecule has 0 fully saturated rings. The van der Waals surface area contributed by atoms with Crippen LogP contribution in [0, 0.1) is 35.6 Å². The van der Waals surface area contributed by atoms with E-state index in [2.05, 4.69) is 171 Å². The van der Waals surface area contributed by atoms with E-state index in [0.29, 0.717) is 11.3 Å². The van der Waals surface area contributed by atoms with Crippen molar-refractivity contribution in [1.29, 1.82) is 0 Å². The van der Waals surface area contributed by atoms with Crippen LogP contribution in [0.3, 0.4) is 0 Å². The van der Waals surface area contributed by atoms with Gasteiger partial charge in [-0.25, -0.2) is 6.08 Å². The molecule has 48 heavy (non-hydrogen) atoms. The van der Waals surface area contributed by atoms with Crippen LogP contribution in [0.4, 0.5) is 0 Å². The van der Waals surface area contributed by atoms with Crippen LogP contribution in [0.15, 0.2) is 109 Å². The Morgan fingerprint density at radius 2 is 1.12 bits per heavy atom. The van der Waals surface area contributed by atoms with Crippen LogP contribution in [-0.4, -0.2) is 4.21 Å². The molecule has 0 saturated carbocycles. The van der Waals surface area contributed by atoms with Gasteiger partial charge < -0.3 is 0 Å². The van der Waals surface area contributed by atoms with Crippen molar-refractivity contribution < 1.29 is 24.2 Å². The molecule has 2 aliphatic carbocycles. The maximum Gasteiger partial charge on any atom is -0.0253 e. The quantitative estimate of drug-likeness (QED) is 0.149. The summed E-state index contributed by atoms with van der Waals surface area (Å²) in [5, 5.41) is 0. The molecule has 3 heteroatoms. The number of rotatable bonds is 1. The van der Waals surface area contributed by atoms with Gasteiger partial charge in [-0.15, -0.1) is 30.4 Å². The molecule has 0 N–H and O–H groups in total. The molecule has 2 aliphatic rings. The molecule has 0 amide bonds. The topological polar surface area (TPSA) is 0 Å². The summed E-state index contributed by atoms with van der Waals surface area (Å²) in [5.41, 5.74) is 10.5. The van der Waals surface area contributed by atoms with Crippen molar-refractivity contribution in [3.8, 4) is 11.1 Å². The normalized spacial score (nSPS) is 13.7. The molecule has 6 rings (SSSR count). The average molecular weight is 759 g/mol. The van der Waals surface area contributed by atoms with E-state index in [1.165, 1.54) is 69.6 Å². The molecule has 0 heterocycles. The number of benzene rings is 4. The van der Waals surface area contributed by atoms with Gasteiger partial charge in [-0.05, 0) is 17.3 Å². The minimum absolute atomic E-state index is 0. The second-order valence-electron chi connectivity index (χ2n) is 14.7. The summed E-state index contributed by atoms with van der Waals surface area (Å²) in [7, 11) is 0. The van der Waals surface area contributed by atoms with Gasteiger partial charge in [0.2, 0.25) is 0 Å². The van der Waals surface area contributed by atoms with Gasteiger partial charge >= 0.3 is 28.4 Å². The molecule has 0 nitrogen and oxygen atoms in total. The van der Waals surface area contributed by atoms with Gasteiger partial charge in [0, 0.05) is 0 Å². The van der Waals surface area contributed by atoms with Crippen molar-refractivity contribution in [2.45, 2.75) is 92.9 Å². The first-order valence-electron chi connectivity index (χ1n) is 16.4.